The summed E-state index contributed by atoms with van der Waals surface area (Å²) in [5, 5.41) is 2.99. The predicted molar refractivity (Wildman–Crippen MR) is 125 cm³/mol. The van der Waals surface area contributed by atoms with E-state index in [1.807, 2.05) is 70.2 Å². The van der Waals surface area contributed by atoms with Gasteiger partial charge in [0.2, 0.25) is 5.91 Å². The molecule has 0 radical (unpaired) electrons. The zero-order valence-electron chi connectivity index (χ0n) is 19.5. The number of amides is 2. The molecule has 0 aliphatic carbocycles. The molecule has 1 N–H and O–H groups in total. The van der Waals surface area contributed by atoms with E-state index < -0.39 is 6.04 Å². The van der Waals surface area contributed by atoms with Crippen LogP contribution in [-0.2, 0) is 16.1 Å². The molecule has 0 saturated heterocycles. The molecule has 2 aromatic carbocycles. The van der Waals surface area contributed by atoms with E-state index in [0.29, 0.717) is 25.3 Å². The lowest BCUT2D eigenvalue weighted by atomic mass is 10.1. The molecule has 0 fully saturated rings. The fourth-order valence-electron chi connectivity index (χ4n) is 3.58. The van der Waals surface area contributed by atoms with Gasteiger partial charge in [-0.15, -0.1) is 0 Å². The summed E-state index contributed by atoms with van der Waals surface area (Å²) < 4.78 is 5.85. The zero-order valence-corrected chi connectivity index (χ0v) is 19.5. The highest BCUT2D eigenvalue weighted by molar-refractivity contribution is 5.88. The van der Waals surface area contributed by atoms with Crippen molar-refractivity contribution in [1.29, 1.82) is 0 Å². The van der Waals surface area contributed by atoms with Crippen LogP contribution in [0.1, 0.15) is 55.4 Å². The Balaban J connectivity index is 2.21. The number of hydrogen-bond acceptors (Lipinski definition) is 3. The molecule has 0 bridgehead atoms. The maximum Gasteiger partial charge on any atom is 0.261 e. The Kier molecular flexibility index (Phi) is 9.57. The van der Waals surface area contributed by atoms with Gasteiger partial charge in [0.1, 0.15) is 11.8 Å². The second kappa shape index (κ2) is 12.1. The first-order valence-corrected chi connectivity index (χ1v) is 11.2. The van der Waals surface area contributed by atoms with Crippen molar-refractivity contribution in [1.82, 2.24) is 10.2 Å². The summed E-state index contributed by atoms with van der Waals surface area (Å²) in [6.45, 7) is 10.9. The number of nitrogens with one attached hydrogen (secondary N) is 1. The Morgan fingerprint density at radius 1 is 1.03 bits per heavy atom. The molecule has 2 amide bonds. The molecule has 31 heavy (non-hydrogen) atoms. The smallest absolute Gasteiger partial charge is 0.261 e. The molecule has 2 rings (SSSR count). The van der Waals surface area contributed by atoms with Crippen molar-refractivity contribution in [2.75, 3.05) is 13.2 Å². The van der Waals surface area contributed by atoms with Crippen molar-refractivity contribution < 1.29 is 14.3 Å². The van der Waals surface area contributed by atoms with Gasteiger partial charge in [0.25, 0.3) is 5.91 Å². The molecule has 0 aromatic heterocycles. The number of benzene rings is 2. The Bertz CT molecular complexity index is 879. The highest BCUT2D eigenvalue weighted by atomic mass is 16.5. The summed E-state index contributed by atoms with van der Waals surface area (Å²) >= 11 is 0. The summed E-state index contributed by atoms with van der Waals surface area (Å²) in [6, 6.07) is 13.3. The number of unbranched alkanes of at least 4 members (excludes halogenated alkanes) is 1. The average Bonchev–Trinajstić information content (AvgIpc) is 2.74. The monoisotopic (exact) mass is 424 g/mol. The Labute approximate surface area is 186 Å². The summed E-state index contributed by atoms with van der Waals surface area (Å²) in [4.78, 5) is 27.8. The Hall–Kier alpha value is -2.82. The van der Waals surface area contributed by atoms with Crippen molar-refractivity contribution in [2.24, 2.45) is 0 Å². The molecule has 0 aliphatic heterocycles. The summed E-state index contributed by atoms with van der Waals surface area (Å²) in [7, 11) is 0. The van der Waals surface area contributed by atoms with Crippen molar-refractivity contribution >= 4 is 11.8 Å². The van der Waals surface area contributed by atoms with E-state index in [2.05, 4.69) is 12.2 Å². The van der Waals surface area contributed by atoms with Gasteiger partial charge in [-0.2, -0.15) is 0 Å². The van der Waals surface area contributed by atoms with Crippen LogP contribution < -0.4 is 10.1 Å². The zero-order chi connectivity index (χ0) is 22.8. The molecule has 0 unspecified atom stereocenters. The first-order chi connectivity index (χ1) is 14.9. The Morgan fingerprint density at radius 2 is 1.77 bits per heavy atom. The van der Waals surface area contributed by atoms with E-state index in [4.69, 9.17) is 4.74 Å². The first-order valence-electron chi connectivity index (χ1n) is 11.2. The van der Waals surface area contributed by atoms with E-state index in [-0.39, 0.29) is 18.4 Å². The number of carbonyl (C=O) groups excluding carboxylic acids is 2. The van der Waals surface area contributed by atoms with Crippen LogP contribution in [0.3, 0.4) is 0 Å². The summed E-state index contributed by atoms with van der Waals surface area (Å²) in [5.41, 5.74) is 4.26. The van der Waals surface area contributed by atoms with Crippen LogP contribution in [0.25, 0.3) is 0 Å². The van der Waals surface area contributed by atoms with Gasteiger partial charge in [0.05, 0.1) is 0 Å². The van der Waals surface area contributed by atoms with Crippen LogP contribution in [0.5, 0.6) is 5.75 Å². The van der Waals surface area contributed by atoms with Crippen LogP contribution in [-0.4, -0.2) is 35.9 Å². The van der Waals surface area contributed by atoms with Crippen LogP contribution in [0.4, 0.5) is 0 Å². The quantitative estimate of drug-likeness (QED) is 0.531. The third-order valence-electron chi connectivity index (χ3n) is 5.50. The van der Waals surface area contributed by atoms with E-state index in [9.17, 15) is 9.59 Å². The topological polar surface area (TPSA) is 58.6 Å². The predicted octanol–water partition coefficient (Wildman–Crippen LogP) is 4.71. The minimum Gasteiger partial charge on any atom is -0.483 e. The van der Waals surface area contributed by atoms with Crippen molar-refractivity contribution in [3.63, 3.8) is 0 Å². The second-order valence-electron chi connectivity index (χ2n) is 8.07. The molecule has 0 spiro atoms. The molecule has 168 valence electrons. The lowest BCUT2D eigenvalue weighted by Gasteiger charge is -2.31. The van der Waals surface area contributed by atoms with E-state index in [0.717, 1.165) is 35.1 Å². The summed E-state index contributed by atoms with van der Waals surface area (Å²) in [6.07, 6.45) is 2.47. The third-order valence-corrected chi connectivity index (χ3v) is 5.50. The number of ether oxygens (including phenoxy) is 1. The van der Waals surface area contributed by atoms with Gasteiger partial charge in [-0.1, -0.05) is 62.2 Å². The van der Waals surface area contributed by atoms with Gasteiger partial charge < -0.3 is 15.0 Å². The molecule has 5 heteroatoms. The van der Waals surface area contributed by atoms with E-state index >= 15 is 0 Å². The van der Waals surface area contributed by atoms with Crippen molar-refractivity contribution in [2.45, 2.75) is 66.5 Å². The van der Waals surface area contributed by atoms with E-state index in [1.54, 1.807) is 4.90 Å². The number of aryl methyl sites for hydroxylation is 3. The Morgan fingerprint density at radius 3 is 2.42 bits per heavy atom. The molecule has 2 aromatic rings. The van der Waals surface area contributed by atoms with Crippen LogP contribution >= 0.6 is 0 Å². The number of carbonyl (C=O) groups is 2. The second-order valence-corrected chi connectivity index (χ2v) is 8.07. The highest BCUT2D eigenvalue weighted by Crippen LogP contribution is 2.20. The van der Waals surface area contributed by atoms with E-state index in [1.165, 1.54) is 0 Å². The average molecular weight is 425 g/mol. The molecule has 0 heterocycles. The molecule has 0 aliphatic rings. The van der Waals surface area contributed by atoms with Gasteiger partial charge in [0.15, 0.2) is 6.61 Å². The number of nitrogens with zero attached hydrogens (tertiary/aromatic N) is 1. The van der Waals surface area contributed by atoms with Gasteiger partial charge in [-0.25, -0.2) is 0 Å². The SMILES string of the molecule is CCCCNC(=O)[C@H](CC)N(Cc1ccccc1C)C(=O)COc1ccc(C)cc1C. The third kappa shape index (κ3) is 7.12. The maximum absolute atomic E-state index is 13.3. The van der Waals surface area contributed by atoms with Crippen LogP contribution in [0.2, 0.25) is 0 Å². The fourth-order valence-corrected chi connectivity index (χ4v) is 3.58. The van der Waals surface area contributed by atoms with Crippen molar-refractivity contribution in [3.8, 4) is 5.75 Å². The fraction of sp³-hybridized carbons (Fsp3) is 0.462. The summed E-state index contributed by atoms with van der Waals surface area (Å²) in [5.74, 6) is 0.389. The molecular formula is C26H36N2O3. The lowest BCUT2D eigenvalue weighted by Crippen LogP contribution is -2.50. The largest absolute Gasteiger partial charge is 0.483 e. The van der Waals surface area contributed by atoms with Gasteiger partial charge in [-0.3, -0.25) is 9.59 Å². The van der Waals surface area contributed by atoms with Crippen LogP contribution in [0.15, 0.2) is 42.5 Å². The minimum atomic E-state index is -0.535. The van der Waals surface area contributed by atoms with Crippen molar-refractivity contribution in [3.05, 3.63) is 64.7 Å². The van der Waals surface area contributed by atoms with Gasteiger partial charge in [-0.05, 0) is 56.4 Å². The maximum atomic E-state index is 13.3. The molecular weight excluding hydrogens is 388 g/mol. The van der Waals surface area contributed by atoms with Crippen LogP contribution in [0, 0.1) is 20.8 Å². The first kappa shape index (κ1) is 24.4. The minimum absolute atomic E-state index is 0.103. The normalized spacial score (nSPS) is 11.6. The molecule has 1 atom stereocenters. The number of hydrogen-bond donors (Lipinski definition) is 1. The number of rotatable bonds is 11. The molecule has 5 nitrogen and oxygen atoms in total. The molecule has 0 saturated carbocycles. The van der Waals surface area contributed by atoms with Gasteiger partial charge in [0, 0.05) is 13.1 Å². The lowest BCUT2D eigenvalue weighted by molar-refractivity contribution is -0.143. The van der Waals surface area contributed by atoms with Gasteiger partial charge >= 0.3 is 0 Å². The standard InChI is InChI=1S/C26H36N2O3/c1-6-8-15-27-26(30)23(7-2)28(17-22-12-10-9-11-20(22)4)25(29)18-31-24-14-13-19(3)16-21(24)5/h9-14,16,23H,6-8,15,17-18H2,1-5H3,(H,27,30)/t23-/m0/s1. The highest BCUT2D eigenvalue weighted by Gasteiger charge is 2.29.